The molecule has 3 nitrogen and oxygen atoms in total. The monoisotopic (exact) mass is 308 g/mol. The predicted molar refractivity (Wildman–Crippen MR) is 72.8 cm³/mol. The summed E-state index contributed by atoms with van der Waals surface area (Å²) in [5, 5.41) is 5.06. The van der Waals surface area contributed by atoms with Crippen LogP contribution in [0.25, 0.3) is 0 Å². The van der Waals surface area contributed by atoms with E-state index in [1.54, 1.807) is 6.92 Å². The van der Waals surface area contributed by atoms with Gasteiger partial charge in [-0.05, 0) is 24.7 Å². The van der Waals surface area contributed by atoms with Gasteiger partial charge < -0.3 is 10.6 Å². The molecule has 1 unspecified atom stereocenters. The number of carbonyl (C=O) groups is 1. The molecule has 0 aliphatic heterocycles. The molecule has 7 heteroatoms. The number of anilines is 1. The van der Waals surface area contributed by atoms with E-state index in [2.05, 4.69) is 10.6 Å². The molecule has 0 spiro atoms. The van der Waals surface area contributed by atoms with Gasteiger partial charge in [0.25, 0.3) is 0 Å². The lowest BCUT2D eigenvalue weighted by molar-refractivity contribution is -0.137. The quantitative estimate of drug-likeness (QED) is 0.873. The van der Waals surface area contributed by atoms with Gasteiger partial charge in [0.2, 0.25) is 5.91 Å². The molecule has 20 heavy (non-hydrogen) atoms. The van der Waals surface area contributed by atoms with E-state index in [1.165, 1.54) is 6.07 Å². The summed E-state index contributed by atoms with van der Waals surface area (Å²) in [6.45, 7) is 4.77. The minimum Gasteiger partial charge on any atom is -0.326 e. The summed E-state index contributed by atoms with van der Waals surface area (Å²) in [5.41, 5.74) is -0.883. The third-order valence-electron chi connectivity index (χ3n) is 2.69. The molecule has 0 fully saturated rings. The largest absolute Gasteiger partial charge is 0.417 e. The van der Waals surface area contributed by atoms with E-state index in [0.717, 1.165) is 18.7 Å². The number of nitrogens with one attached hydrogen (secondary N) is 2. The molecule has 0 aromatic heterocycles. The number of alkyl halides is 3. The van der Waals surface area contributed by atoms with Gasteiger partial charge >= 0.3 is 6.18 Å². The van der Waals surface area contributed by atoms with Gasteiger partial charge in [-0.2, -0.15) is 13.2 Å². The summed E-state index contributed by atoms with van der Waals surface area (Å²) in [7, 11) is 0. The molecule has 1 aromatic rings. The Hall–Kier alpha value is -1.27. The standard InChI is InChI=1S/C13H16ClF3N2O/c1-3-18-7-8(2)12(20)19-9-4-5-11(14)10(6-9)13(15,16)17/h4-6,8,18H,3,7H2,1-2H3,(H,19,20). The van der Waals surface area contributed by atoms with E-state index >= 15 is 0 Å². The first-order chi connectivity index (χ1) is 9.25. The van der Waals surface area contributed by atoms with E-state index in [1.807, 2.05) is 6.92 Å². The Kier molecular flexibility index (Phi) is 5.83. The predicted octanol–water partition coefficient (Wildman–Crippen LogP) is 3.54. The number of halogens is 4. The summed E-state index contributed by atoms with van der Waals surface area (Å²) < 4.78 is 38.1. The zero-order valence-electron chi connectivity index (χ0n) is 11.1. The zero-order valence-corrected chi connectivity index (χ0v) is 11.9. The van der Waals surface area contributed by atoms with Gasteiger partial charge in [0.15, 0.2) is 0 Å². The van der Waals surface area contributed by atoms with Crippen LogP contribution in [-0.4, -0.2) is 19.0 Å². The van der Waals surface area contributed by atoms with Crippen LogP contribution in [0.4, 0.5) is 18.9 Å². The first-order valence-corrected chi connectivity index (χ1v) is 6.51. The number of benzene rings is 1. The van der Waals surface area contributed by atoms with E-state index < -0.39 is 16.8 Å². The average Bonchev–Trinajstić information content (AvgIpc) is 2.36. The van der Waals surface area contributed by atoms with Crippen molar-refractivity contribution in [3.63, 3.8) is 0 Å². The second kappa shape index (κ2) is 6.95. The van der Waals surface area contributed by atoms with E-state index in [9.17, 15) is 18.0 Å². The van der Waals surface area contributed by atoms with Gasteiger partial charge in [0.1, 0.15) is 0 Å². The van der Waals surface area contributed by atoms with Crippen molar-refractivity contribution >= 4 is 23.2 Å². The number of rotatable bonds is 5. The van der Waals surface area contributed by atoms with E-state index in [4.69, 9.17) is 11.6 Å². The minimum atomic E-state index is -4.55. The van der Waals surface area contributed by atoms with Crippen LogP contribution in [0.15, 0.2) is 18.2 Å². The van der Waals surface area contributed by atoms with Crippen LogP contribution in [0.1, 0.15) is 19.4 Å². The number of carbonyl (C=O) groups excluding carboxylic acids is 1. The maximum absolute atomic E-state index is 12.7. The maximum atomic E-state index is 12.7. The smallest absolute Gasteiger partial charge is 0.326 e. The van der Waals surface area contributed by atoms with Crippen LogP contribution in [0, 0.1) is 5.92 Å². The SMILES string of the molecule is CCNCC(C)C(=O)Nc1ccc(Cl)c(C(F)(F)F)c1. The number of hydrogen-bond acceptors (Lipinski definition) is 2. The van der Waals surface area contributed by atoms with Gasteiger partial charge in [-0.3, -0.25) is 4.79 Å². The van der Waals surface area contributed by atoms with Crippen LogP contribution in [0.5, 0.6) is 0 Å². The molecule has 0 heterocycles. The Morgan fingerprint density at radius 1 is 1.40 bits per heavy atom. The van der Waals surface area contributed by atoms with E-state index in [-0.39, 0.29) is 17.5 Å². The molecule has 2 N–H and O–H groups in total. The van der Waals surface area contributed by atoms with Crippen molar-refractivity contribution in [2.24, 2.45) is 5.92 Å². The molecule has 0 radical (unpaired) electrons. The van der Waals surface area contributed by atoms with Crippen LogP contribution >= 0.6 is 11.6 Å². The fourth-order valence-electron chi connectivity index (χ4n) is 1.54. The molecule has 0 bridgehead atoms. The second-order valence-electron chi connectivity index (χ2n) is 4.39. The Balaban J connectivity index is 2.81. The average molecular weight is 309 g/mol. The molecule has 112 valence electrons. The number of hydrogen-bond donors (Lipinski definition) is 2. The van der Waals surface area contributed by atoms with Crippen LogP contribution in [-0.2, 0) is 11.0 Å². The summed E-state index contributed by atoms with van der Waals surface area (Å²) >= 11 is 5.51. The van der Waals surface area contributed by atoms with Gasteiger partial charge in [-0.25, -0.2) is 0 Å². The molecule has 1 amide bonds. The molecule has 1 rings (SSSR count). The lowest BCUT2D eigenvalue weighted by atomic mass is 10.1. The highest BCUT2D eigenvalue weighted by molar-refractivity contribution is 6.31. The molecule has 0 aliphatic carbocycles. The van der Waals surface area contributed by atoms with Gasteiger partial charge in [0, 0.05) is 18.2 Å². The lowest BCUT2D eigenvalue weighted by Gasteiger charge is -2.14. The third kappa shape index (κ3) is 4.68. The Morgan fingerprint density at radius 3 is 2.60 bits per heavy atom. The molecule has 1 atom stereocenters. The molecular weight excluding hydrogens is 293 g/mol. The first-order valence-electron chi connectivity index (χ1n) is 6.14. The topological polar surface area (TPSA) is 41.1 Å². The molecule has 0 saturated heterocycles. The van der Waals surface area contributed by atoms with Gasteiger partial charge in [-0.15, -0.1) is 0 Å². The van der Waals surface area contributed by atoms with Crippen LogP contribution in [0.3, 0.4) is 0 Å². The zero-order chi connectivity index (χ0) is 15.3. The Morgan fingerprint density at radius 2 is 2.05 bits per heavy atom. The highest BCUT2D eigenvalue weighted by Crippen LogP contribution is 2.36. The summed E-state index contributed by atoms with van der Waals surface area (Å²) in [4.78, 5) is 11.8. The van der Waals surface area contributed by atoms with Crippen molar-refractivity contribution in [2.75, 3.05) is 18.4 Å². The van der Waals surface area contributed by atoms with Crippen molar-refractivity contribution in [3.05, 3.63) is 28.8 Å². The minimum absolute atomic E-state index is 0.0788. The Bertz CT molecular complexity index is 477. The molecular formula is C13H16ClF3N2O. The molecule has 0 aliphatic rings. The summed E-state index contributed by atoms with van der Waals surface area (Å²) in [6, 6.07) is 3.30. The van der Waals surface area contributed by atoms with Crippen LogP contribution in [0.2, 0.25) is 5.02 Å². The Labute approximate surface area is 120 Å². The number of amides is 1. The fourth-order valence-corrected chi connectivity index (χ4v) is 1.76. The summed E-state index contributed by atoms with van der Waals surface area (Å²) in [6.07, 6.45) is -4.55. The molecule has 1 aromatic carbocycles. The van der Waals surface area contributed by atoms with Crippen LogP contribution < -0.4 is 10.6 Å². The van der Waals surface area contributed by atoms with Crippen molar-refractivity contribution in [3.8, 4) is 0 Å². The third-order valence-corrected chi connectivity index (χ3v) is 3.02. The fraction of sp³-hybridized carbons (Fsp3) is 0.462. The van der Waals surface area contributed by atoms with Gasteiger partial charge in [0.05, 0.1) is 10.6 Å². The highest BCUT2D eigenvalue weighted by atomic mass is 35.5. The second-order valence-corrected chi connectivity index (χ2v) is 4.80. The maximum Gasteiger partial charge on any atom is 0.417 e. The highest BCUT2D eigenvalue weighted by Gasteiger charge is 2.33. The summed E-state index contributed by atoms with van der Waals surface area (Å²) in [5.74, 6) is -0.693. The molecule has 0 saturated carbocycles. The lowest BCUT2D eigenvalue weighted by Crippen LogP contribution is -2.30. The van der Waals surface area contributed by atoms with Gasteiger partial charge in [-0.1, -0.05) is 25.4 Å². The first kappa shape index (κ1) is 16.8. The van der Waals surface area contributed by atoms with Crippen molar-refractivity contribution in [2.45, 2.75) is 20.0 Å². The van der Waals surface area contributed by atoms with Crippen molar-refractivity contribution < 1.29 is 18.0 Å². The van der Waals surface area contributed by atoms with Crippen molar-refractivity contribution in [1.82, 2.24) is 5.32 Å². The van der Waals surface area contributed by atoms with Crippen molar-refractivity contribution in [1.29, 1.82) is 0 Å². The van der Waals surface area contributed by atoms with E-state index in [0.29, 0.717) is 6.54 Å². The normalized spacial score (nSPS) is 13.1.